The molecule has 0 amide bonds. The number of rotatable bonds is 9. The largest absolute Gasteiger partial charge is 0.381 e. The Hall–Kier alpha value is -0.860. The molecule has 2 heteroatoms. The van der Waals surface area contributed by atoms with E-state index in [1.165, 1.54) is 31.2 Å². The van der Waals surface area contributed by atoms with Crippen LogP contribution in [-0.2, 0) is 11.3 Å². The standard InChI is InChI=1S/C17H25NO/c1-2-5-17(15-8-9-15)16(4-1)12-18-10-3-11-19-13-14-6-7-14/h1-2,4-5,14-15,18H,3,6-13H2. The minimum atomic E-state index is 0.847. The zero-order valence-electron chi connectivity index (χ0n) is 11.7. The lowest BCUT2D eigenvalue weighted by atomic mass is 10.0. The van der Waals surface area contributed by atoms with Gasteiger partial charge in [0.2, 0.25) is 0 Å². The van der Waals surface area contributed by atoms with Crippen LogP contribution in [0.2, 0.25) is 0 Å². The van der Waals surface area contributed by atoms with Crippen LogP contribution in [0.4, 0.5) is 0 Å². The maximum atomic E-state index is 5.64. The average Bonchev–Trinajstić information content (AvgIpc) is 3.30. The fourth-order valence-electron chi connectivity index (χ4n) is 2.54. The topological polar surface area (TPSA) is 21.3 Å². The van der Waals surface area contributed by atoms with Crippen LogP contribution in [0.1, 0.15) is 49.1 Å². The van der Waals surface area contributed by atoms with Gasteiger partial charge in [-0.15, -0.1) is 0 Å². The van der Waals surface area contributed by atoms with Crippen LogP contribution in [-0.4, -0.2) is 19.8 Å². The molecule has 0 heterocycles. The molecule has 0 spiro atoms. The molecule has 0 aromatic heterocycles. The van der Waals surface area contributed by atoms with Crippen molar-refractivity contribution < 1.29 is 4.74 Å². The van der Waals surface area contributed by atoms with E-state index in [-0.39, 0.29) is 0 Å². The van der Waals surface area contributed by atoms with Gasteiger partial charge in [0.15, 0.2) is 0 Å². The first-order chi connectivity index (χ1) is 9.43. The summed E-state index contributed by atoms with van der Waals surface area (Å²) in [5.74, 6) is 1.73. The van der Waals surface area contributed by atoms with Crippen molar-refractivity contribution in [3.05, 3.63) is 35.4 Å². The molecule has 104 valence electrons. The van der Waals surface area contributed by atoms with Crippen LogP contribution in [0.25, 0.3) is 0 Å². The van der Waals surface area contributed by atoms with Gasteiger partial charge in [-0.05, 0) is 61.6 Å². The van der Waals surface area contributed by atoms with Crippen molar-refractivity contribution >= 4 is 0 Å². The summed E-state index contributed by atoms with van der Waals surface area (Å²) < 4.78 is 5.64. The van der Waals surface area contributed by atoms with E-state index in [2.05, 4.69) is 29.6 Å². The van der Waals surface area contributed by atoms with E-state index in [1.54, 1.807) is 5.56 Å². The van der Waals surface area contributed by atoms with E-state index in [4.69, 9.17) is 4.74 Å². The number of ether oxygens (including phenoxy) is 1. The molecule has 0 bridgehead atoms. The van der Waals surface area contributed by atoms with Gasteiger partial charge in [-0.25, -0.2) is 0 Å². The van der Waals surface area contributed by atoms with Crippen molar-refractivity contribution in [1.29, 1.82) is 0 Å². The van der Waals surface area contributed by atoms with Crippen LogP contribution >= 0.6 is 0 Å². The number of hydrogen-bond donors (Lipinski definition) is 1. The Morgan fingerprint density at radius 3 is 2.74 bits per heavy atom. The highest BCUT2D eigenvalue weighted by Crippen LogP contribution is 2.41. The SMILES string of the molecule is c1ccc(C2CC2)c(CNCCCOCC2CC2)c1. The normalized spacial score (nSPS) is 18.7. The van der Waals surface area contributed by atoms with Gasteiger partial charge in [0.05, 0.1) is 0 Å². The Morgan fingerprint density at radius 1 is 1.11 bits per heavy atom. The quantitative estimate of drug-likeness (QED) is 0.686. The first-order valence-corrected chi connectivity index (χ1v) is 7.80. The molecule has 19 heavy (non-hydrogen) atoms. The van der Waals surface area contributed by atoms with Crippen molar-refractivity contribution in [1.82, 2.24) is 5.32 Å². The first kappa shape index (κ1) is 13.1. The monoisotopic (exact) mass is 259 g/mol. The second-order valence-electron chi connectivity index (χ2n) is 6.02. The van der Waals surface area contributed by atoms with Gasteiger partial charge in [-0.3, -0.25) is 0 Å². The Morgan fingerprint density at radius 2 is 1.95 bits per heavy atom. The minimum absolute atomic E-state index is 0.847. The summed E-state index contributed by atoms with van der Waals surface area (Å²) in [6, 6.07) is 8.89. The Labute approximate surface area is 116 Å². The Kier molecular flexibility index (Phi) is 4.52. The maximum Gasteiger partial charge on any atom is 0.0494 e. The van der Waals surface area contributed by atoms with Crippen molar-refractivity contribution in [2.75, 3.05) is 19.8 Å². The molecule has 1 N–H and O–H groups in total. The van der Waals surface area contributed by atoms with Crippen LogP contribution in [0.15, 0.2) is 24.3 Å². The molecule has 0 aliphatic heterocycles. The maximum absolute atomic E-state index is 5.64. The molecule has 2 saturated carbocycles. The Bertz CT molecular complexity index is 396. The highest BCUT2D eigenvalue weighted by molar-refractivity contribution is 5.33. The smallest absolute Gasteiger partial charge is 0.0494 e. The molecule has 1 aromatic rings. The van der Waals surface area contributed by atoms with Gasteiger partial charge < -0.3 is 10.1 Å². The summed E-state index contributed by atoms with van der Waals surface area (Å²) in [5, 5.41) is 3.55. The molecular weight excluding hydrogens is 234 g/mol. The van der Waals surface area contributed by atoms with E-state index in [0.717, 1.165) is 44.6 Å². The van der Waals surface area contributed by atoms with Crippen molar-refractivity contribution in [2.45, 2.75) is 44.6 Å². The highest BCUT2D eigenvalue weighted by atomic mass is 16.5. The molecule has 1 aromatic carbocycles. The molecule has 0 radical (unpaired) electrons. The molecule has 2 aliphatic carbocycles. The molecule has 2 aliphatic rings. The molecule has 0 unspecified atom stereocenters. The van der Waals surface area contributed by atoms with Gasteiger partial charge in [0.1, 0.15) is 0 Å². The highest BCUT2D eigenvalue weighted by Gasteiger charge is 2.25. The van der Waals surface area contributed by atoms with Crippen LogP contribution in [0.5, 0.6) is 0 Å². The second kappa shape index (κ2) is 6.53. The van der Waals surface area contributed by atoms with E-state index in [9.17, 15) is 0 Å². The van der Waals surface area contributed by atoms with Gasteiger partial charge in [0.25, 0.3) is 0 Å². The van der Waals surface area contributed by atoms with Crippen molar-refractivity contribution in [2.24, 2.45) is 5.92 Å². The predicted octanol–water partition coefficient (Wildman–Crippen LogP) is 3.47. The summed E-state index contributed by atoms with van der Waals surface area (Å²) in [6.07, 6.45) is 6.66. The summed E-state index contributed by atoms with van der Waals surface area (Å²) in [4.78, 5) is 0. The fourth-order valence-corrected chi connectivity index (χ4v) is 2.54. The molecule has 2 fully saturated rings. The first-order valence-electron chi connectivity index (χ1n) is 7.80. The lowest BCUT2D eigenvalue weighted by Gasteiger charge is -2.10. The summed E-state index contributed by atoms with van der Waals surface area (Å²) in [5.41, 5.74) is 3.06. The number of benzene rings is 1. The lowest BCUT2D eigenvalue weighted by molar-refractivity contribution is 0.122. The van der Waals surface area contributed by atoms with Gasteiger partial charge in [-0.2, -0.15) is 0 Å². The van der Waals surface area contributed by atoms with E-state index >= 15 is 0 Å². The van der Waals surface area contributed by atoms with Gasteiger partial charge in [-0.1, -0.05) is 24.3 Å². The van der Waals surface area contributed by atoms with Crippen LogP contribution in [0, 0.1) is 5.92 Å². The van der Waals surface area contributed by atoms with E-state index < -0.39 is 0 Å². The third-order valence-electron chi connectivity index (χ3n) is 4.08. The van der Waals surface area contributed by atoms with E-state index in [0.29, 0.717) is 0 Å². The minimum Gasteiger partial charge on any atom is -0.381 e. The third kappa shape index (κ3) is 4.32. The Balaban J connectivity index is 1.30. The van der Waals surface area contributed by atoms with Crippen LogP contribution < -0.4 is 5.32 Å². The predicted molar refractivity (Wildman–Crippen MR) is 78.3 cm³/mol. The van der Waals surface area contributed by atoms with Crippen molar-refractivity contribution in [3.8, 4) is 0 Å². The third-order valence-corrected chi connectivity index (χ3v) is 4.08. The second-order valence-corrected chi connectivity index (χ2v) is 6.02. The summed E-state index contributed by atoms with van der Waals surface area (Å²) in [7, 11) is 0. The van der Waals surface area contributed by atoms with Crippen LogP contribution in [0.3, 0.4) is 0 Å². The summed E-state index contributed by atoms with van der Waals surface area (Å²) >= 11 is 0. The molecule has 2 nitrogen and oxygen atoms in total. The van der Waals surface area contributed by atoms with Gasteiger partial charge in [0, 0.05) is 19.8 Å². The molecule has 3 rings (SSSR count). The molecule has 0 atom stereocenters. The molecular formula is C17H25NO. The average molecular weight is 259 g/mol. The zero-order chi connectivity index (χ0) is 12.9. The molecule has 0 saturated heterocycles. The lowest BCUT2D eigenvalue weighted by Crippen LogP contribution is -2.17. The van der Waals surface area contributed by atoms with Gasteiger partial charge >= 0.3 is 0 Å². The van der Waals surface area contributed by atoms with Crippen molar-refractivity contribution in [3.63, 3.8) is 0 Å². The zero-order valence-corrected chi connectivity index (χ0v) is 11.7. The fraction of sp³-hybridized carbons (Fsp3) is 0.647. The van der Waals surface area contributed by atoms with E-state index in [1.807, 2.05) is 0 Å². The number of nitrogens with one attached hydrogen (secondary N) is 1. The summed E-state index contributed by atoms with van der Waals surface area (Å²) in [6.45, 7) is 3.97. The number of hydrogen-bond acceptors (Lipinski definition) is 2.